The second-order valence-electron chi connectivity index (χ2n) is 6.71. The minimum absolute atomic E-state index is 0.260. The predicted molar refractivity (Wildman–Crippen MR) is 104 cm³/mol. The molecule has 28 heavy (non-hydrogen) atoms. The fourth-order valence-electron chi connectivity index (χ4n) is 3.36. The maximum Gasteiger partial charge on any atom is 0.270 e. The third-order valence-corrected chi connectivity index (χ3v) is 4.85. The summed E-state index contributed by atoms with van der Waals surface area (Å²) in [6.07, 6.45) is 7.02. The lowest BCUT2D eigenvalue weighted by Crippen LogP contribution is -2.32. The van der Waals surface area contributed by atoms with Gasteiger partial charge in [0, 0.05) is 19.4 Å². The molecule has 1 aliphatic rings. The second-order valence-corrected chi connectivity index (χ2v) is 6.71. The number of nitrogens with one attached hydrogen (secondary N) is 1. The van der Waals surface area contributed by atoms with Gasteiger partial charge in [0.25, 0.3) is 5.91 Å². The van der Waals surface area contributed by atoms with E-state index in [2.05, 4.69) is 15.3 Å². The van der Waals surface area contributed by atoms with Crippen LogP contribution in [0.3, 0.4) is 0 Å². The van der Waals surface area contributed by atoms with Gasteiger partial charge in [0.05, 0.1) is 19.9 Å². The third-order valence-electron chi connectivity index (χ3n) is 4.85. The number of hydrogen-bond acceptors (Lipinski definition) is 5. The van der Waals surface area contributed by atoms with Crippen molar-refractivity contribution in [3.8, 4) is 11.5 Å². The van der Waals surface area contributed by atoms with Gasteiger partial charge in [-0.05, 0) is 42.2 Å². The molecule has 0 spiro atoms. The quantitative estimate of drug-likeness (QED) is 0.739. The van der Waals surface area contributed by atoms with E-state index in [4.69, 9.17) is 9.47 Å². The lowest BCUT2D eigenvalue weighted by atomic mass is 10.0. The Bertz CT molecular complexity index is 999. The molecule has 3 heterocycles. The fraction of sp³-hybridized carbons (Fsp3) is 0.286. The predicted octanol–water partition coefficient (Wildman–Crippen LogP) is 2.67. The molecular weight excluding hydrogens is 356 g/mol. The van der Waals surface area contributed by atoms with Crippen LogP contribution < -0.4 is 14.8 Å². The summed E-state index contributed by atoms with van der Waals surface area (Å²) in [6.45, 7) is 0.692. The molecule has 1 N–H and O–H groups in total. The Kier molecular flexibility index (Phi) is 4.97. The summed E-state index contributed by atoms with van der Waals surface area (Å²) in [5, 5.41) is 3.07. The number of nitrogens with zero attached hydrogens (tertiary/aromatic N) is 3. The zero-order chi connectivity index (χ0) is 19.5. The van der Waals surface area contributed by atoms with Crippen LogP contribution in [0.1, 0.15) is 39.9 Å². The van der Waals surface area contributed by atoms with Crippen LogP contribution in [0.5, 0.6) is 11.5 Å². The first kappa shape index (κ1) is 18.0. The molecule has 4 rings (SSSR count). The molecule has 1 atom stereocenters. The first-order valence-electron chi connectivity index (χ1n) is 9.19. The number of carbonyl (C=O) groups excluding carboxylic acids is 1. The van der Waals surface area contributed by atoms with Crippen LogP contribution in [0, 0.1) is 0 Å². The third kappa shape index (κ3) is 3.55. The Morgan fingerprint density at radius 1 is 1.32 bits per heavy atom. The topological polar surface area (TPSA) is 78.3 Å². The number of imidazole rings is 1. The van der Waals surface area contributed by atoms with E-state index >= 15 is 0 Å². The Hall–Kier alpha value is -3.35. The van der Waals surface area contributed by atoms with Crippen molar-refractivity contribution in [2.24, 2.45) is 7.05 Å². The molecule has 0 fully saturated rings. The summed E-state index contributed by atoms with van der Waals surface area (Å²) >= 11 is 0. The number of ether oxygens (including phenoxy) is 2. The number of methoxy groups -OCH3 is 1. The van der Waals surface area contributed by atoms with E-state index in [-0.39, 0.29) is 5.91 Å². The maximum atomic E-state index is 13.0. The second kappa shape index (κ2) is 7.72. The van der Waals surface area contributed by atoms with Crippen LogP contribution in [-0.4, -0.2) is 34.2 Å². The van der Waals surface area contributed by atoms with Crippen molar-refractivity contribution in [1.82, 2.24) is 19.9 Å². The number of benzene rings is 1. The van der Waals surface area contributed by atoms with Gasteiger partial charge in [0.15, 0.2) is 0 Å². The normalized spacial score (nSPS) is 13.9. The van der Waals surface area contributed by atoms with Crippen molar-refractivity contribution in [2.75, 3.05) is 13.7 Å². The Morgan fingerprint density at radius 3 is 3.00 bits per heavy atom. The van der Waals surface area contributed by atoms with E-state index in [1.807, 2.05) is 48.1 Å². The number of fused-ring (bicyclic) bond motifs is 1. The van der Waals surface area contributed by atoms with E-state index in [1.165, 1.54) is 0 Å². The van der Waals surface area contributed by atoms with Gasteiger partial charge in [0.2, 0.25) is 0 Å². The van der Waals surface area contributed by atoms with Crippen molar-refractivity contribution >= 4 is 5.91 Å². The molecule has 7 nitrogen and oxygen atoms in total. The van der Waals surface area contributed by atoms with Gasteiger partial charge in [-0.3, -0.25) is 4.79 Å². The van der Waals surface area contributed by atoms with E-state index in [1.54, 1.807) is 19.5 Å². The zero-order valence-corrected chi connectivity index (χ0v) is 15.9. The highest BCUT2D eigenvalue weighted by Gasteiger charge is 2.23. The summed E-state index contributed by atoms with van der Waals surface area (Å²) in [4.78, 5) is 21.7. The largest absolute Gasteiger partial charge is 0.497 e. The minimum atomic E-state index is -0.434. The highest BCUT2D eigenvalue weighted by atomic mass is 16.5. The molecule has 1 aromatic carbocycles. The van der Waals surface area contributed by atoms with E-state index in [0.29, 0.717) is 12.3 Å². The number of carbonyl (C=O) groups is 1. The highest BCUT2D eigenvalue weighted by Crippen LogP contribution is 2.26. The summed E-state index contributed by atoms with van der Waals surface area (Å²) in [5.41, 5.74) is 2.26. The van der Waals surface area contributed by atoms with Gasteiger partial charge in [-0.25, -0.2) is 9.97 Å². The van der Waals surface area contributed by atoms with Crippen molar-refractivity contribution in [2.45, 2.75) is 18.9 Å². The van der Waals surface area contributed by atoms with Crippen LogP contribution >= 0.6 is 0 Å². The molecule has 7 heteroatoms. The fourth-order valence-corrected chi connectivity index (χ4v) is 3.36. The highest BCUT2D eigenvalue weighted by molar-refractivity contribution is 5.93. The Labute approximate surface area is 163 Å². The van der Waals surface area contributed by atoms with Gasteiger partial charge in [-0.15, -0.1) is 0 Å². The van der Waals surface area contributed by atoms with Crippen LogP contribution in [0.2, 0.25) is 0 Å². The first-order chi connectivity index (χ1) is 13.7. The lowest BCUT2D eigenvalue weighted by molar-refractivity contribution is 0.0935. The molecule has 0 saturated heterocycles. The zero-order valence-electron chi connectivity index (χ0n) is 15.9. The smallest absolute Gasteiger partial charge is 0.270 e. The SMILES string of the molecule is COc1cccc([C@H](NC(=O)c2cc3c(cn2)OCCC3)c2nccn2C)c1. The average Bonchev–Trinajstić information content (AvgIpc) is 3.17. The first-order valence-corrected chi connectivity index (χ1v) is 9.19. The molecule has 0 radical (unpaired) electrons. The lowest BCUT2D eigenvalue weighted by Gasteiger charge is -2.21. The molecule has 2 aromatic heterocycles. The maximum absolute atomic E-state index is 13.0. The average molecular weight is 378 g/mol. The molecule has 0 aliphatic carbocycles. The summed E-state index contributed by atoms with van der Waals surface area (Å²) in [6, 6.07) is 8.97. The summed E-state index contributed by atoms with van der Waals surface area (Å²) < 4.78 is 12.8. The monoisotopic (exact) mass is 378 g/mol. The van der Waals surface area contributed by atoms with Gasteiger partial charge in [0.1, 0.15) is 29.1 Å². The van der Waals surface area contributed by atoms with E-state index in [9.17, 15) is 4.79 Å². The van der Waals surface area contributed by atoms with Crippen LogP contribution in [0.4, 0.5) is 0 Å². The number of rotatable bonds is 5. The van der Waals surface area contributed by atoms with E-state index in [0.717, 1.165) is 41.3 Å². The number of amides is 1. The number of aromatic nitrogens is 3. The van der Waals surface area contributed by atoms with Gasteiger partial charge in [-0.2, -0.15) is 0 Å². The van der Waals surface area contributed by atoms with Crippen LogP contribution in [0.15, 0.2) is 48.9 Å². The van der Waals surface area contributed by atoms with Crippen molar-refractivity contribution in [1.29, 1.82) is 0 Å². The molecule has 3 aromatic rings. The van der Waals surface area contributed by atoms with E-state index < -0.39 is 6.04 Å². The molecule has 0 saturated carbocycles. The van der Waals surface area contributed by atoms with Crippen molar-refractivity contribution < 1.29 is 14.3 Å². The van der Waals surface area contributed by atoms with Gasteiger partial charge in [-0.1, -0.05) is 12.1 Å². The van der Waals surface area contributed by atoms with Gasteiger partial charge >= 0.3 is 0 Å². The standard InChI is InChI=1S/C21H22N4O3/c1-25-9-8-22-20(25)19(15-5-3-7-16(11-15)27-2)24-21(26)17-12-14-6-4-10-28-18(14)13-23-17/h3,5,7-9,11-13,19H,4,6,10H2,1-2H3,(H,24,26)/t19-/m0/s1. The van der Waals surface area contributed by atoms with Crippen molar-refractivity contribution in [3.05, 3.63) is 71.6 Å². The Balaban J connectivity index is 1.66. The molecule has 1 aliphatic heterocycles. The molecule has 0 unspecified atom stereocenters. The summed E-state index contributed by atoms with van der Waals surface area (Å²) in [5.74, 6) is 1.94. The Morgan fingerprint density at radius 2 is 2.21 bits per heavy atom. The van der Waals surface area contributed by atoms with Gasteiger partial charge < -0.3 is 19.4 Å². The number of aryl methyl sites for hydroxylation is 2. The van der Waals surface area contributed by atoms with Crippen LogP contribution in [-0.2, 0) is 13.5 Å². The molecule has 144 valence electrons. The number of pyridine rings is 1. The summed E-state index contributed by atoms with van der Waals surface area (Å²) in [7, 11) is 3.52. The minimum Gasteiger partial charge on any atom is -0.497 e. The molecule has 1 amide bonds. The van der Waals surface area contributed by atoms with Crippen LogP contribution in [0.25, 0.3) is 0 Å². The van der Waals surface area contributed by atoms with Crippen molar-refractivity contribution in [3.63, 3.8) is 0 Å². The molecular formula is C21H22N4O3. The molecule has 0 bridgehead atoms. The number of hydrogen-bond donors (Lipinski definition) is 1.